The molecule has 0 unspecified atom stereocenters. The third-order valence-electron chi connectivity index (χ3n) is 5.51. The molecule has 0 atom stereocenters. The van der Waals surface area contributed by atoms with Crippen molar-refractivity contribution in [2.24, 2.45) is 0 Å². The van der Waals surface area contributed by atoms with Gasteiger partial charge in [-0.3, -0.25) is 4.79 Å². The van der Waals surface area contributed by atoms with Crippen molar-refractivity contribution < 1.29 is 28.5 Å². The Labute approximate surface area is 188 Å². The first kappa shape index (κ1) is 21.8. The molecular formula is C26H28O6. The van der Waals surface area contributed by atoms with E-state index in [2.05, 4.69) is 0 Å². The largest absolute Gasteiger partial charge is 0.495 e. The van der Waals surface area contributed by atoms with Gasteiger partial charge in [0.2, 0.25) is 0 Å². The quantitative estimate of drug-likeness (QED) is 0.590. The van der Waals surface area contributed by atoms with Gasteiger partial charge in [-0.15, -0.1) is 0 Å². The first-order chi connectivity index (χ1) is 15.1. The summed E-state index contributed by atoms with van der Waals surface area (Å²) in [6.45, 7) is 7.77. The van der Waals surface area contributed by atoms with Crippen LogP contribution < -0.4 is 23.7 Å². The fraction of sp³-hybridized carbons (Fsp3) is 0.346. The number of rotatable bonds is 5. The van der Waals surface area contributed by atoms with Crippen LogP contribution in [0.15, 0.2) is 36.4 Å². The Bertz CT molecular complexity index is 1150. The molecular weight excluding hydrogens is 408 g/mol. The van der Waals surface area contributed by atoms with Crippen molar-refractivity contribution in [2.75, 3.05) is 21.3 Å². The van der Waals surface area contributed by atoms with Gasteiger partial charge in [0.15, 0.2) is 17.3 Å². The van der Waals surface area contributed by atoms with Gasteiger partial charge in [-0.25, -0.2) is 0 Å². The van der Waals surface area contributed by atoms with E-state index in [1.54, 1.807) is 39.5 Å². The van der Waals surface area contributed by atoms with Crippen LogP contribution in [0.3, 0.4) is 0 Å². The van der Waals surface area contributed by atoms with Crippen molar-refractivity contribution in [3.8, 4) is 28.7 Å². The van der Waals surface area contributed by atoms with Gasteiger partial charge < -0.3 is 23.7 Å². The highest BCUT2D eigenvalue weighted by Gasteiger charge is 2.34. The number of fused-ring (bicyclic) bond motifs is 2. The van der Waals surface area contributed by atoms with Gasteiger partial charge in [0, 0.05) is 17.2 Å². The molecule has 0 saturated heterocycles. The van der Waals surface area contributed by atoms with Gasteiger partial charge >= 0.3 is 0 Å². The van der Waals surface area contributed by atoms with Crippen molar-refractivity contribution in [1.29, 1.82) is 0 Å². The van der Waals surface area contributed by atoms with Gasteiger partial charge in [-0.2, -0.15) is 0 Å². The third kappa shape index (κ3) is 3.70. The number of Topliss-reactive ketones (excluding diaryl/α,β-unsaturated/α-hetero) is 1. The summed E-state index contributed by atoms with van der Waals surface area (Å²) in [4.78, 5) is 13.9. The van der Waals surface area contributed by atoms with Crippen molar-refractivity contribution in [3.63, 3.8) is 0 Å². The van der Waals surface area contributed by atoms with Gasteiger partial charge in [-0.05, 0) is 64.1 Å². The molecule has 0 amide bonds. The smallest absolute Gasteiger partial charge is 0.197 e. The summed E-state index contributed by atoms with van der Waals surface area (Å²) in [6, 6.07) is 7.08. The molecule has 6 nitrogen and oxygen atoms in total. The van der Waals surface area contributed by atoms with Crippen LogP contribution in [0.5, 0.6) is 28.7 Å². The van der Waals surface area contributed by atoms with E-state index >= 15 is 0 Å². The minimum atomic E-state index is -0.688. The maximum atomic E-state index is 13.9. The van der Waals surface area contributed by atoms with Crippen LogP contribution in [0.4, 0.5) is 0 Å². The van der Waals surface area contributed by atoms with Gasteiger partial charge in [0.1, 0.15) is 28.5 Å². The van der Waals surface area contributed by atoms with Crippen molar-refractivity contribution in [3.05, 3.63) is 53.1 Å². The number of carbonyl (C=O) groups is 1. The lowest BCUT2D eigenvalue weighted by Crippen LogP contribution is -2.30. The zero-order chi connectivity index (χ0) is 23.3. The summed E-state index contributed by atoms with van der Waals surface area (Å²) in [7, 11) is 4.68. The third-order valence-corrected chi connectivity index (χ3v) is 5.51. The highest BCUT2D eigenvalue weighted by molar-refractivity contribution is 6.31. The monoisotopic (exact) mass is 436 g/mol. The van der Waals surface area contributed by atoms with E-state index in [9.17, 15) is 4.79 Å². The first-order valence-corrected chi connectivity index (χ1v) is 10.4. The molecule has 2 aliphatic rings. The van der Waals surface area contributed by atoms with Crippen molar-refractivity contribution in [2.45, 2.75) is 38.9 Å². The molecule has 4 rings (SSSR count). The molecule has 32 heavy (non-hydrogen) atoms. The molecule has 0 aliphatic carbocycles. The van der Waals surface area contributed by atoms with Crippen LogP contribution in [0, 0.1) is 0 Å². The van der Waals surface area contributed by atoms with Crippen LogP contribution in [0.2, 0.25) is 0 Å². The number of hydrogen-bond donors (Lipinski definition) is 0. The highest BCUT2D eigenvalue weighted by Crippen LogP contribution is 2.46. The summed E-state index contributed by atoms with van der Waals surface area (Å²) in [6.07, 6.45) is 5.73. The number of benzene rings is 2. The lowest BCUT2D eigenvalue weighted by molar-refractivity contribution is 0.104. The molecule has 0 radical (unpaired) electrons. The Balaban J connectivity index is 1.86. The topological polar surface area (TPSA) is 63.2 Å². The van der Waals surface area contributed by atoms with Gasteiger partial charge in [-0.1, -0.05) is 0 Å². The van der Waals surface area contributed by atoms with Crippen molar-refractivity contribution >= 4 is 17.4 Å². The Kier molecular flexibility index (Phi) is 5.19. The number of ketones is 1. The molecule has 0 spiro atoms. The molecule has 6 heteroatoms. The predicted molar refractivity (Wildman–Crippen MR) is 123 cm³/mol. The van der Waals surface area contributed by atoms with E-state index in [-0.39, 0.29) is 5.78 Å². The Morgan fingerprint density at radius 2 is 1.50 bits per heavy atom. The van der Waals surface area contributed by atoms with Crippen LogP contribution >= 0.6 is 0 Å². The second-order valence-corrected chi connectivity index (χ2v) is 8.89. The zero-order valence-corrected chi connectivity index (χ0v) is 19.5. The molecule has 0 saturated carbocycles. The summed E-state index contributed by atoms with van der Waals surface area (Å²) < 4.78 is 28.7. The van der Waals surface area contributed by atoms with Crippen LogP contribution in [-0.4, -0.2) is 38.3 Å². The van der Waals surface area contributed by atoms with E-state index in [1.165, 1.54) is 0 Å². The number of carbonyl (C=O) groups excluding carboxylic acids is 1. The van der Waals surface area contributed by atoms with E-state index in [1.807, 2.05) is 52.0 Å². The molecule has 0 bridgehead atoms. The standard InChI is InChI=1S/C26H28O6/c1-25(2)11-10-15-19(31-25)9-8-16(24(15)30-7)23(27)18-14-26(3,4)32-20-13-22(29-6)21(28-5)12-17(18)20/h8-14H,1-7H3. The van der Waals surface area contributed by atoms with Crippen LogP contribution in [0.25, 0.3) is 11.6 Å². The van der Waals surface area contributed by atoms with Crippen LogP contribution in [0.1, 0.15) is 49.2 Å². The molecule has 2 heterocycles. The summed E-state index contributed by atoms with van der Waals surface area (Å²) in [5.41, 5.74) is 1.23. The molecule has 2 aromatic rings. The minimum absolute atomic E-state index is 0.173. The number of allylic oxidation sites excluding steroid dienone is 1. The van der Waals surface area contributed by atoms with E-state index < -0.39 is 11.2 Å². The van der Waals surface area contributed by atoms with E-state index in [0.717, 1.165) is 5.56 Å². The summed E-state index contributed by atoms with van der Waals surface area (Å²) in [5, 5.41) is 0. The average Bonchev–Trinajstić information content (AvgIpc) is 2.74. The summed E-state index contributed by atoms with van der Waals surface area (Å²) in [5.74, 6) is 2.59. The second-order valence-electron chi connectivity index (χ2n) is 8.89. The normalized spacial score (nSPS) is 17.2. The number of methoxy groups -OCH3 is 3. The molecule has 0 aromatic heterocycles. The van der Waals surface area contributed by atoms with E-state index in [0.29, 0.717) is 45.4 Å². The maximum Gasteiger partial charge on any atom is 0.197 e. The Morgan fingerprint density at radius 1 is 0.844 bits per heavy atom. The average molecular weight is 437 g/mol. The van der Waals surface area contributed by atoms with Gasteiger partial charge in [0.05, 0.1) is 32.5 Å². The number of hydrogen-bond acceptors (Lipinski definition) is 6. The highest BCUT2D eigenvalue weighted by atomic mass is 16.5. The minimum Gasteiger partial charge on any atom is -0.495 e. The fourth-order valence-electron chi connectivity index (χ4n) is 4.05. The molecule has 0 fully saturated rings. The second kappa shape index (κ2) is 7.62. The molecule has 2 aliphatic heterocycles. The first-order valence-electron chi connectivity index (χ1n) is 10.4. The zero-order valence-electron chi connectivity index (χ0n) is 19.5. The number of ether oxygens (including phenoxy) is 5. The lowest BCUT2D eigenvalue weighted by atomic mass is 9.88. The van der Waals surface area contributed by atoms with E-state index in [4.69, 9.17) is 23.7 Å². The molecule has 2 aromatic carbocycles. The maximum absolute atomic E-state index is 13.9. The Morgan fingerprint density at radius 3 is 2.16 bits per heavy atom. The van der Waals surface area contributed by atoms with Crippen molar-refractivity contribution in [1.82, 2.24) is 0 Å². The molecule has 0 N–H and O–H groups in total. The lowest BCUT2D eigenvalue weighted by Gasteiger charge is -2.32. The fourth-order valence-corrected chi connectivity index (χ4v) is 4.05. The Hall–Kier alpha value is -3.41. The van der Waals surface area contributed by atoms with Gasteiger partial charge in [0.25, 0.3) is 0 Å². The summed E-state index contributed by atoms with van der Waals surface area (Å²) >= 11 is 0. The predicted octanol–water partition coefficient (Wildman–Crippen LogP) is 5.33. The van der Waals surface area contributed by atoms with Crippen LogP contribution in [-0.2, 0) is 0 Å². The SMILES string of the molecule is COc1cc2c(cc1OC)C(C(=O)c1ccc3c(c1OC)C=CC(C)(C)O3)=CC(C)(C)O2. The molecule has 168 valence electrons.